The first-order valence-corrected chi connectivity index (χ1v) is 2.71. The quantitative estimate of drug-likeness (QED) is 0.334. The molecule has 0 aliphatic rings. The van der Waals surface area contributed by atoms with E-state index in [0.717, 1.165) is 5.98 Å². The summed E-state index contributed by atoms with van der Waals surface area (Å²) in [5.41, 5.74) is 0. The molecule has 0 heterocycles. The Morgan fingerprint density at radius 3 is 2.56 bits per heavy atom. The highest BCUT2D eigenvalue weighted by Gasteiger charge is 1.74. The Hall–Kier alpha value is -0.915. The van der Waals surface area contributed by atoms with E-state index in [-0.39, 0.29) is 5.76 Å². The van der Waals surface area contributed by atoms with Gasteiger partial charge in [-0.3, -0.25) is 0 Å². The fraction of sp³-hybridized carbons (Fsp3) is 0.143. The van der Waals surface area contributed by atoms with Gasteiger partial charge in [0.1, 0.15) is 13.6 Å². The number of hydrogen-bond donors (Lipinski definition) is 1. The molecule has 0 fully saturated rings. The summed E-state index contributed by atoms with van der Waals surface area (Å²) in [7, 11) is 4.97. The maximum atomic E-state index is 8.70. The van der Waals surface area contributed by atoms with Crippen molar-refractivity contribution < 1.29 is 5.11 Å². The highest BCUT2D eigenvalue weighted by atomic mass is 16.3. The highest BCUT2D eigenvalue weighted by Crippen LogP contribution is 1.87. The van der Waals surface area contributed by atoms with E-state index in [4.69, 9.17) is 13.0 Å². The average molecular weight is 120 g/mol. The van der Waals surface area contributed by atoms with E-state index in [1.165, 1.54) is 6.08 Å². The van der Waals surface area contributed by atoms with Crippen LogP contribution in [0.2, 0.25) is 0 Å². The Morgan fingerprint density at radius 2 is 2.11 bits per heavy atom. The number of hydrogen-bond acceptors (Lipinski definition) is 1. The van der Waals surface area contributed by atoms with Gasteiger partial charge >= 0.3 is 0 Å². The molecule has 0 saturated carbocycles. The van der Waals surface area contributed by atoms with Crippen LogP contribution in [0.4, 0.5) is 0 Å². The molecule has 0 aromatic heterocycles. The van der Waals surface area contributed by atoms with Gasteiger partial charge in [-0.05, 0) is 13.0 Å². The van der Waals surface area contributed by atoms with Gasteiger partial charge in [-0.1, -0.05) is 24.2 Å². The van der Waals surface area contributed by atoms with E-state index in [2.05, 4.69) is 0 Å². The van der Waals surface area contributed by atoms with Crippen LogP contribution < -0.4 is 0 Å². The lowest BCUT2D eigenvalue weighted by Gasteiger charge is -1.83. The standard InChI is InChI=1S/C7H9BO/c1-2-3-4-5-7(9)6-8/h2-6,9H,1H3/b3-2-,5-4-,7-6-. The van der Waals surface area contributed by atoms with Gasteiger partial charge in [-0.15, -0.1) is 0 Å². The van der Waals surface area contributed by atoms with E-state index in [0.29, 0.717) is 0 Å². The van der Waals surface area contributed by atoms with Crippen molar-refractivity contribution in [3.8, 4) is 0 Å². The topological polar surface area (TPSA) is 20.2 Å². The third-order valence-electron chi connectivity index (χ3n) is 0.741. The molecule has 0 bridgehead atoms. The zero-order valence-corrected chi connectivity index (χ0v) is 5.41. The van der Waals surface area contributed by atoms with Crippen LogP contribution in [0.3, 0.4) is 0 Å². The van der Waals surface area contributed by atoms with Crippen molar-refractivity contribution in [2.45, 2.75) is 6.92 Å². The van der Waals surface area contributed by atoms with Crippen molar-refractivity contribution in [3.63, 3.8) is 0 Å². The third kappa shape index (κ3) is 4.95. The van der Waals surface area contributed by atoms with E-state index in [1.807, 2.05) is 13.0 Å². The minimum Gasteiger partial charge on any atom is -0.509 e. The molecular weight excluding hydrogens is 111 g/mol. The van der Waals surface area contributed by atoms with Gasteiger partial charge in [0.2, 0.25) is 0 Å². The van der Waals surface area contributed by atoms with E-state index >= 15 is 0 Å². The minimum absolute atomic E-state index is 0.0769. The summed E-state index contributed by atoms with van der Waals surface area (Å²) < 4.78 is 0. The minimum atomic E-state index is 0.0769. The summed E-state index contributed by atoms with van der Waals surface area (Å²) in [6.45, 7) is 1.90. The molecule has 0 spiro atoms. The van der Waals surface area contributed by atoms with Crippen LogP contribution in [0.1, 0.15) is 6.92 Å². The maximum absolute atomic E-state index is 8.70. The molecule has 1 N–H and O–H groups in total. The Kier molecular flexibility index (Phi) is 4.69. The van der Waals surface area contributed by atoms with E-state index < -0.39 is 0 Å². The molecule has 0 aliphatic heterocycles. The fourth-order valence-corrected chi connectivity index (χ4v) is 0.321. The number of rotatable bonds is 2. The summed E-state index contributed by atoms with van der Waals surface area (Å²) in [6.07, 6.45) is 6.89. The first-order valence-electron chi connectivity index (χ1n) is 2.71. The normalized spacial score (nSPS) is 13.7. The Bertz CT molecular complexity index is 145. The Morgan fingerprint density at radius 1 is 1.44 bits per heavy atom. The summed E-state index contributed by atoms with van der Waals surface area (Å²) >= 11 is 0. The van der Waals surface area contributed by atoms with Crippen LogP contribution in [-0.4, -0.2) is 13.0 Å². The Labute approximate surface area is 56.8 Å². The molecule has 0 atom stereocenters. The van der Waals surface area contributed by atoms with Gasteiger partial charge in [0.15, 0.2) is 0 Å². The van der Waals surface area contributed by atoms with Crippen LogP contribution in [0.25, 0.3) is 0 Å². The van der Waals surface area contributed by atoms with Gasteiger partial charge in [0.25, 0.3) is 0 Å². The number of allylic oxidation sites excluding steroid dienone is 4. The first kappa shape index (κ1) is 8.08. The van der Waals surface area contributed by atoms with Crippen molar-refractivity contribution in [2.24, 2.45) is 0 Å². The smallest absolute Gasteiger partial charge is 0.107 e. The zero-order chi connectivity index (χ0) is 7.11. The largest absolute Gasteiger partial charge is 0.509 e. The van der Waals surface area contributed by atoms with Gasteiger partial charge in [-0.2, -0.15) is 0 Å². The summed E-state index contributed by atoms with van der Waals surface area (Å²) in [5.74, 6) is 1.22. The molecule has 0 aromatic rings. The first-order chi connectivity index (χ1) is 4.31. The van der Waals surface area contributed by atoms with Crippen molar-refractivity contribution in [1.29, 1.82) is 0 Å². The fourth-order valence-electron chi connectivity index (χ4n) is 0.321. The average Bonchev–Trinajstić information content (AvgIpc) is 1.89. The lowest BCUT2D eigenvalue weighted by atomic mass is 10.1. The summed E-state index contributed by atoms with van der Waals surface area (Å²) in [5, 5.41) is 8.70. The molecule has 0 amide bonds. The summed E-state index contributed by atoms with van der Waals surface area (Å²) in [4.78, 5) is 0. The van der Waals surface area contributed by atoms with Crippen LogP contribution in [0.15, 0.2) is 36.0 Å². The molecule has 0 unspecified atom stereocenters. The molecular formula is C7H9BO. The second-order valence-electron chi connectivity index (χ2n) is 1.48. The van der Waals surface area contributed by atoms with Gasteiger partial charge in [0.05, 0.1) is 0 Å². The van der Waals surface area contributed by atoms with Crippen molar-refractivity contribution in [2.75, 3.05) is 0 Å². The predicted octanol–water partition coefficient (Wildman–Crippen LogP) is 1.69. The SMILES string of the molecule is [B]/C=C(O)/C=C\C=C/C. The molecule has 2 heteroatoms. The number of aliphatic hydroxyl groups excluding tert-OH is 1. The molecule has 1 nitrogen and oxygen atoms in total. The van der Waals surface area contributed by atoms with Crippen LogP contribution in [0, 0.1) is 0 Å². The van der Waals surface area contributed by atoms with Gasteiger partial charge in [0, 0.05) is 0 Å². The van der Waals surface area contributed by atoms with Gasteiger partial charge in [-0.25, -0.2) is 0 Å². The molecule has 2 radical (unpaired) electrons. The molecule has 46 valence electrons. The molecule has 0 aliphatic carbocycles. The molecule has 0 rings (SSSR count). The molecule has 0 aromatic carbocycles. The second-order valence-corrected chi connectivity index (χ2v) is 1.48. The lowest BCUT2D eigenvalue weighted by Crippen LogP contribution is -1.70. The second kappa shape index (κ2) is 5.23. The zero-order valence-electron chi connectivity index (χ0n) is 5.41. The maximum Gasteiger partial charge on any atom is 0.107 e. The Balaban J connectivity index is 3.71. The van der Waals surface area contributed by atoms with Crippen molar-refractivity contribution in [1.82, 2.24) is 0 Å². The predicted molar refractivity (Wildman–Crippen MR) is 40.4 cm³/mol. The molecule has 9 heavy (non-hydrogen) atoms. The van der Waals surface area contributed by atoms with E-state index in [9.17, 15) is 0 Å². The van der Waals surface area contributed by atoms with Crippen LogP contribution in [-0.2, 0) is 0 Å². The lowest BCUT2D eigenvalue weighted by molar-refractivity contribution is 0.434. The number of aliphatic hydroxyl groups is 1. The van der Waals surface area contributed by atoms with Crippen LogP contribution in [0.5, 0.6) is 0 Å². The van der Waals surface area contributed by atoms with Crippen molar-refractivity contribution >= 4 is 7.85 Å². The molecule has 0 saturated heterocycles. The van der Waals surface area contributed by atoms with Crippen LogP contribution >= 0.6 is 0 Å². The summed E-state index contributed by atoms with van der Waals surface area (Å²) in [6, 6.07) is 0. The third-order valence-corrected chi connectivity index (χ3v) is 0.741. The highest BCUT2D eigenvalue weighted by molar-refractivity contribution is 6.17. The monoisotopic (exact) mass is 120 g/mol. The van der Waals surface area contributed by atoms with Crippen molar-refractivity contribution in [3.05, 3.63) is 36.0 Å². The van der Waals surface area contributed by atoms with Gasteiger partial charge < -0.3 is 5.11 Å². The van der Waals surface area contributed by atoms with E-state index in [1.54, 1.807) is 12.2 Å².